The molecule has 1 rings (SSSR count). The maximum Gasteiger partial charge on any atom is 0.309 e. The molecule has 0 saturated carbocycles. The van der Waals surface area contributed by atoms with Crippen molar-refractivity contribution in [1.29, 1.82) is 0 Å². The smallest absolute Gasteiger partial charge is 0.309 e. The quantitative estimate of drug-likeness (QED) is 0.777. The molecule has 1 aromatic rings. The minimum atomic E-state index is -3.56. The number of unbranched alkanes of at least 4 members (excludes halogenated alkanes) is 1. The van der Waals surface area contributed by atoms with Crippen molar-refractivity contribution in [2.45, 2.75) is 19.8 Å². The van der Waals surface area contributed by atoms with Gasteiger partial charge in [-0.3, -0.25) is 0 Å². The van der Waals surface area contributed by atoms with Crippen LogP contribution in [0.4, 0.5) is 0 Å². The Hall–Kier alpha value is -0.450. The van der Waals surface area contributed by atoms with E-state index in [1.165, 1.54) is 18.2 Å². The summed E-state index contributed by atoms with van der Waals surface area (Å²) < 4.78 is 27.8. The highest BCUT2D eigenvalue weighted by Crippen LogP contribution is 2.28. The number of halogens is 2. The second kappa shape index (κ2) is 5.75. The summed E-state index contributed by atoms with van der Waals surface area (Å²) >= 11 is 11.5. The van der Waals surface area contributed by atoms with E-state index in [0.717, 1.165) is 6.42 Å². The predicted octanol–water partition coefficient (Wildman–Crippen LogP) is 3.50. The third-order valence-electron chi connectivity index (χ3n) is 1.86. The molecule has 0 fully saturated rings. The average Bonchev–Trinajstić information content (AvgIpc) is 2.19. The molecule has 0 atom stereocenters. The van der Waals surface area contributed by atoms with Gasteiger partial charge in [0.25, 0.3) is 0 Å². The Labute approximate surface area is 105 Å². The van der Waals surface area contributed by atoms with Gasteiger partial charge in [0, 0.05) is 5.02 Å². The van der Waals surface area contributed by atoms with Gasteiger partial charge in [0.1, 0.15) is 0 Å². The molecule has 16 heavy (non-hydrogen) atoms. The van der Waals surface area contributed by atoms with E-state index >= 15 is 0 Å². The van der Waals surface area contributed by atoms with Crippen LogP contribution in [0, 0.1) is 0 Å². The first-order chi connectivity index (χ1) is 7.44. The standard InChI is InChI=1S/C10H12Cl2O3S/c1-2-3-6-16(13,14)15-10-5-4-8(11)7-9(10)12/h4-5,7H,2-3,6H2,1H3. The van der Waals surface area contributed by atoms with Crippen molar-refractivity contribution in [3.63, 3.8) is 0 Å². The molecule has 3 nitrogen and oxygen atoms in total. The Bertz CT molecular complexity index is 457. The van der Waals surface area contributed by atoms with E-state index in [-0.39, 0.29) is 16.5 Å². The van der Waals surface area contributed by atoms with Crippen molar-refractivity contribution in [2.24, 2.45) is 0 Å². The SMILES string of the molecule is CCCCS(=O)(=O)Oc1ccc(Cl)cc1Cl. The molecule has 0 spiro atoms. The van der Waals surface area contributed by atoms with E-state index in [4.69, 9.17) is 27.4 Å². The first-order valence-corrected chi connectivity index (χ1v) is 7.15. The van der Waals surface area contributed by atoms with E-state index in [1.54, 1.807) is 0 Å². The van der Waals surface area contributed by atoms with Crippen LogP contribution in [0.3, 0.4) is 0 Å². The Morgan fingerprint density at radius 1 is 1.31 bits per heavy atom. The lowest BCUT2D eigenvalue weighted by molar-refractivity contribution is 0.484. The third-order valence-corrected chi connectivity index (χ3v) is 3.61. The van der Waals surface area contributed by atoms with E-state index in [0.29, 0.717) is 11.4 Å². The van der Waals surface area contributed by atoms with Crippen LogP contribution >= 0.6 is 23.2 Å². The van der Waals surface area contributed by atoms with Gasteiger partial charge in [-0.2, -0.15) is 8.42 Å². The fraction of sp³-hybridized carbons (Fsp3) is 0.400. The molecule has 1 aromatic carbocycles. The summed E-state index contributed by atoms with van der Waals surface area (Å²) in [6.07, 6.45) is 1.35. The van der Waals surface area contributed by atoms with Gasteiger partial charge in [0.05, 0.1) is 10.8 Å². The maximum atomic E-state index is 11.5. The summed E-state index contributed by atoms with van der Waals surface area (Å²) in [6, 6.07) is 4.40. The number of hydrogen-bond acceptors (Lipinski definition) is 3. The zero-order valence-electron chi connectivity index (χ0n) is 8.74. The fourth-order valence-corrected chi connectivity index (χ4v) is 2.68. The summed E-state index contributed by atoms with van der Waals surface area (Å²) in [5.74, 6) is 0.102. The summed E-state index contributed by atoms with van der Waals surface area (Å²) in [5, 5.41) is 0.621. The fourth-order valence-electron chi connectivity index (χ4n) is 1.04. The molecule has 0 aromatic heterocycles. The largest absolute Gasteiger partial charge is 0.381 e. The molecule has 0 aliphatic rings. The lowest BCUT2D eigenvalue weighted by atomic mass is 10.3. The van der Waals surface area contributed by atoms with Crippen LogP contribution in [-0.4, -0.2) is 14.2 Å². The molecule has 0 aliphatic heterocycles. The average molecular weight is 283 g/mol. The summed E-state index contributed by atoms with van der Waals surface area (Å²) in [7, 11) is -3.56. The zero-order chi connectivity index (χ0) is 12.2. The van der Waals surface area contributed by atoms with Gasteiger partial charge in [-0.25, -0.2) is 0 Å². The number of rotatable bonds is 5. The monoisotopic (exact) mass is 282 g/mol. The third kappa shape index (κ3) is 4.20. The molecule has 0 amide bonds. The van der Waals surface area contributed by atoms with Crippen LogP contribution in [0.5, 0.6) is 5.75 Å². The van der Waals surface area contributed by atoms with E-state index in [2.05, 4.69) is 0 Å². The second-order valence-corrected chi connectivity index (χ2v) is 5.81. The summed E-state index contributed by atoms with van der Waals surface area (Å²) in [6.45, 7) is 1.91. The topological polar surface area (TPSA) is 43.4 Å². The number of hydrogen-bond donors (Lipinski definition) is 0. The minimum absolute atomic E-state index is 0.0115. The molecule has 0 bridgehead atoms. The Balaban J connectivity index is 2.80. The van der Waals surface area contributed by atoms with E-state index in [1.807, 2.05) is 6.92 Å². The second-order valence-electron chi connectivity index (χ2n) is 3.27. The molecular weight excluding hydrogens is 271 g/mol. The molecule has 6 heteroatoms. The van der Waals surface area contributed by atoms with Gasteiger partial charge >= 0.3 is 10.1 Å². The summed E-state index contributed by atoms with van der Waals surface area (Å²) in [4.78, 5) is 0. The van der Waals surface area contributed by atoms with Crippen molar-refractivity contribution in [3.8, 4) is 5.75 Å². The molecule has 0 unspecified atom stereocenters. The van der Waals surface area contributed by atoms with Gasteiger partial charge in [0.15, 0.2) is 5.75 Å². The maximum absolute atomic E-state index is 11.5. The van der Waals surface area contributed by atoms with Crippen LogP contribution in [0.2, 0.25) is 10.0 Å². The minimum Gasteiger partial charge on any atom is -0.381 e. The normalized spacial score (nSPS) is 11.4. The molecule has 90 valence electrons. The van der Waals surface area contributed by atoms with Gasteiger partial charge < -0.3 is 4.18 Å². The van der Waals surface area contributed by atoms with Crippen molar-refractivity contribution >= 4 is 33.3 Å². The van der Waals surface area contributed by atoms with Crippen molar-refractivity contribution in [3.05, 3.63) is 28.2 Å². The summed E-state index contributed by atoms with van der Waals surface area (Å²) in [5.41, 5.74) is 0. The molecule has 0 N–H and O–H groups in total. The molecule has 0 heterocycles. The zero-order valence-corrected chi connectivity index (χ0v) is 11.1. The van der Waals surface area contributed by atoms with Crippen LogP contribution in [0.15, 0.2) is 18.2 Å². The van der Waals surface area contributed by atoms with Gasteiger partial charge in [-0.05, 0) is 24.6 Å². The van der Waals surface area contributed by atoms with Gasteiger partial charge in [-0.1, -0.05) is 36.5 Å². The Morgan fingerprint density at radius 2 is 2.00 bits per heavy atom. The van der Waals surface area contributed by atoms with Crippen LogP contribution in [0.25, 0.3) is 0 Å². The lowest BCUT2D eigenvalue weighted by Crippen LogP contribution is -2.13. The Kier molecular flexibility index (Phi) is 4.89. The molecule has 0 saturated heterocycles. The number of benzene rings is 1. The first-order valence-electron chi connectivity index (χ1n) is 4.82. The van der Waals surface area contributed by atoms with Gasteiger partial charge in [0.2, 0.25) is 0 Å². The highest BCUT2D eigenvalue weighted by molar-refractivity contribution is 7.87. The van der Waals surface area contributed by atoms with Crippen molar-refractivity contribution < 1.29 is 12.6 Å². The predicted molar refractivity (Wildman–Crippen MR) is 65.8 cm³/mol. The molecule has 0 aliphatic carbocycles. The van der Waals surface area contributed by atoms with E-state index < -0.39 is 10.1 Å². The van der Waals surface area contributed by atoms with E-state index in [9.17, 15) is 8.42 Å². The highest BCUT2D eigenvalue weighted by atomic mass is 35.5. The highest BCUT2D eigenvalue weighted by Gasteiger charge is 2.14. The molecular formula is C10H12Cl2O3S. The van der Waals surface area contributed by atoms with Crippen molar-refractivity contribution in [2.75, 3.05) is 5.75 Å². The van der Waals surface area contributed by atoms with Crippen LogP contribution < -0.4 is 4.18 Å². The van der Waals surface area contributed by atoms with Crippen LogP contribution in [0.1, 0.15) is 19.8 Å². The van der Waals surface area contributed by atoms with Gasteiger partial charge in [-0.15, -0.1) is 0 Å². The lowest BCUT2D eigenvalue weighted by Gasteiger charge is -2.07. The molecule has 0 radical (unpaired) electrons. The first kappa shape index (κ1) is 13.6. The Morgan fingerprint density at radius 3 is 2.56 bits per heavy atom. The van der Waals surface area contributed by atoms with Crippen LogP contribution in [-0.2, 0) is 10.1 Å². The van der Waals surface area contributed by atoms with Crippen molar-refractivity contribution in [1.82, 2.24) is 0 Å².